The van der Waals surface area contributed by atoms with Crippen LogP contribution in [0.3, 0.4) is 0 Å². The Kier molecular flexibility index (Phi) is 4.95. The van der Waals surface area contributed by atoms with E-state index < -0.39 is 11.4 Å². The van der Waals surface area contributed by atoms with E-state index in [9.17, 15) is 4.79 Å². The largest absolute Gasteiger partial charge is 0.368 e. The van der Waals surface area contributed by atoms with Crippen LogP contribution in [0.4, 0.5) is 0 Å². The number of rotatable bonds is 8. The lowest BCUT2D eigenvalue weighted by molar-refractivity contribution is -0.122. The predicted octanol–water partition coefficient (Wildman–Crippen LogP) is 1.09. The minimum absolute atomic E-state index is 0.407. The average molecular weight is 241 g/mol. The van der Waals surface area contributed by atoms with Gasteiger partial charge in [-0.25, -0.2) is 0 Å². The van der Waals surface area contributed by atoms with Crippen LogP contribution in [0.5, 0.6) is 0 Å². The molecule has 1 rings (SSSR count). The minimum Gasteiger partial charge on any atom is -0.368 e. The lowest BCUT2D eigenvalue weighted by Crippen LogP contribution is -2.49. The fraction of sp³-hybridized carbons (Fsp3) is 0.923. The Morgan fingerprint density at radius 1 is 1.47 bits per heavy atom. The van der Waals surface area contributed by atoms with Gasteiger partial charge < -0.3 is 16.4 Å². The molecule has 1 aliphatic rings. The van der Waals surface area contributed by atoms with E-state index in [-0.39, 0.29) is 0 Å². The minimum atomic E-state index is -0.859. The van der Waals surface area contributed by atoms with E-state index >= 15 is 0 Å². The highest BCUT2D eigenvalue weighted by atomic mass is 16.1. The van der Waals surface area contributed by atoms with E-state index in [2.05, 4.69) is 18.7 Å². The molecule has 1 saturated carbocycles. The van der Waals surface area contributed by atoms with Crippen molar-refractivity contribution in [2.75, 3.05) is 13.1 Å². The lowest BCUT2D eigenvalue weighted by Gasteiger charge is -2.28. The van der Waals surface area contributed by atoms with Crippen LogP contribution >= 0.6 is 0 Å². The fourth-order valence-electron chi connectivity index (χ4n) is 1.96. The van der Waals surface area contributed by atoms with Crippen molar-refractivity contribution >= 4 is 5.91 Å². The van der Waals surface area contributed by atoms with Crippen LogP contribution in [0.2, 0.25) is 0 Å². The van der Waals surface area contributed by atoms with Gasteiger partial charge in [0.25, 0.3) is 0 Å². The molecule has 1 fully saturated rings. The Labute approximate surface area is 105 Å². The summed E-state index contributed by atoms with van der Waals surface area (Å²) in [7, 11) is 0. The van der Waals surface area contributed by atoms with Crippen LogP contribution < -0.4 is 11.5 Å². The van der Waals surface area contributed by atoms with Crippen molar-refractivity contribution < 1.29 is 4.79 Å². The van der Waals surface area contributed by atoms with Crippen LogP contribution in [-0.2, 0) is 4.79 Å². The third-order valence-electron chi connectivity index (χ3n) is 3.62. The molecule has 0 aromatic rings. The number of nitrogens with zero attached hydrogens (tertiary/aromatic N) is 1. The molecule has 1 atom stereocenters. The second-order valence-electron chi connectivity index (χ2n) is 5.92. The van der Waals surface area contributed by atoms with Gasteiger partial charge in [-0.2, -0.15) is 0 Å². The molecular weight excluding hydrogens is 214 g/mol. The number of nitrogens with two attached hydrogens (primary N) is 2. The second-order valence-corrected chi connectivity index (χ2v) is 5.92. The van der Waals surface area contributed by atoms with Gasteiger partial charge in [0.2, 0.25) is 5.91 Å². The van der Waals surface area contributed by atoms with Crippen LogP contribution in [0.1, 0.15) is 46.5 Å². The molecule has 0 aromatic carbocycles. The zero-order valence-corrected chi connectivity index (χ0v) is 11.4. The molecule has 1 aliphatic carbocycles. The maximum absolute atomic E-state index is 11.1. The van der Waals surface area contributed by atoms with Crippen LogP contribution in [0, 0.1) is 5.92 Å². The number of hydrogen-bond donors (Lipinski definition) is 2. The van der Waals surface area contributed by atoms with Crippen molar-refractivity contribution in [2.45, 2.75) is 58.0 Å². The monoisotopic (exact) mass is 241 g/mol. The van der Waals surface area contributed by atoms with Gasteiger partial charge in [0.1, 0.15) is 0 Å². The summed E-state index contributed by atoms with van der Waals surface area (Å²) in [5.74, 6) is 0.494. The molecule has 0 aliphatic heterocycles. The highest BCUT2D eigenvalue weighted by Gasteiger charge is 2.27. The summed E-state index contributed by atoms with van der Waals surface area (Å²) in [6.45, 7) is 8.36. The smallest absolute Gasteiger partial charge is 0.237 e. The molecule has 1 amide bonds. The molecule has 0 saturated heterocycles. The van der Waals surface area contributed by atoms with Crippen LogP contribution in [0.25, 0.3) is 0 Å². The van der Waals surface area contributed by atoms with Gasteiger partial charge in [-0.05, 0) is 58.9 Å². The van der Waals surface area contributed by atoms with Crippen molar-refractivity contribution in [1.29, 1.82) is 0 Å². The second kappa shape index (κ2) is 5.83. The zero-order valence-electron chi connectivity index (χ0n) is 11.4. The third-order valence-corrected chi connectivity index (χ3v) is 3.62. The number of carbonyl (C=O) groups is 1. The summed E-state index contributed by atoms with van der Waals surface area (Å²) in [5, 5.41) is 0. The number of primary amides is 1. The van der Waals surface area contributed by atoms with E-state index in [4.69, 9.17) is 11.5 Å². The summed E-state index contributed by atoms with van der Waals surface area (Å²) in [6.07, 6.45) is 4.34. The molecule has 100 valence electrons. The highest BCUT2D eigenvalue weighted by molar-refractivity contribution is 5.83. The summed E-state index contributed by atoms with van der Waals surface area (Å²) < 4.78 is 0. The predicted molar refractivity (Wildman–Crippen MR) is 70.5 cm³/mol. The molecule has 4 heteroatoms. The Morgan fingerprint density at radius 2 is 2.06 bits per heavy atom. The van der Waals surface area contributed by atoms with E-state index in [0.29, 0.717) is 12.5 Å². The Bertz CT molecular complexity index is 259. The molecule has 0 aromatic heterocycles. The topological polar surface area (TPSA) is 72.3 Å². The number of amides is 1. The van der Waals surface area contributed by atoms with Gasteiger partial charge in [0, 0.05) is 12.6 Å². The molecule has 4 nitrogen and oxygen atoms in total. The van der Waals surface area contributed by atoms with Gasteiger partial charge >= 0.3 is 0 Å². The molecule has 4 N–H and O–H groups in total. The summed E-state index contributed by atoms with van der Waals surface area (Å²) >= 11 is 0. The first-order chi connectivity index (χ1) is 7.83. The van der Waals surface area contributed by atoms with Crippen molar-refractivity contribution in [1.82, 2.24) is 4.90 Å². The summed E-state index contributed by atoms with van der Waals surface area (Å²) in [6, 6.07) is 0.563. The Morgan fingerprint density at radius 3 is 2.47 bits per heavy atom. The molecule has 0 radical (unpaired) electrons. The quantitative estimate of drug-likeness (QED) is 0.668. The molecular formula is C13H27N3O. The van der Waals surface area contributed by atoms with E-state index in [0.717, 1.165) is 18.9 Å². The van der Waals surface area contributed by atoms with Gasteiger partial charge in [-0.15, -0.1) is 0 Å². The first-order valence-corrected chi connectivity index (χ1v) is 6.66. The van der Waals surface area contributed by atoms with Gasteiger partial charge in [-0.3, -0.25) is 4.79 Å². The van der Waals surface area contributed by atoms with Gasteiger partial charge in [0.05, 0.1) is 5.54 Å². The Balaban J connectivity index is 2.28. The van der Waals surface area contributed by atoms with Crippen LogP contribution in [0.15, 0.2) is 0 Å². The average Bonchev–Trinajstić information content (AvgIpc) is 2.99. The maximum atomic E-state index is 11.1. The summed E-state index contributed by atoms with van der Waals surface area (Å²) in [4.78, 5) is 13.6. The number of hydrogen-bond acceptors (Lipinski definition) is 3. The van der Waals surface area contributed by atoms with Crippen LogP contribution in [-0.4, -0.2) is 35.5 Å². The standard InChI is InChI=1S/C13H27N3O/c1-10(2)16(9-11-5-6-11)8-4-7-13(3,15)12(14)17/h10-11H,4-9,15H2,1-3H3,(H2,14,17). The highest BCUT2D eigenvalue weighted by Crippen LogP contribution is 2.30. The molecule has 0 spiro atoms. The van der Waals surface area contributed by atoms with Crippen molar-refractivity contribution in [3.8, 4) is 0 Å². The van der Waals surface area contributed by atoms with E-state index in [1.54, 1.807) is 6.92 Å². The zero-order chi connectivity index (χ0) is 13.1. The third kappa shape index (κ3) is 5.04. The van der Waals surface area contributed by atoms with E-state index in [1.807, 2.05) is 0 Å². The lowest BCUT2D eigenvalue weighted by atomic mass is 9.96. The SMILES string of the molecule is CC(C)N(CCCC(C)(N)C(N)=O)CC1CC1. The maximum Gasteiger partial charge on any atom is 0.237 e. The first kappa shape index (κ1) is 14.5. The number of carbonyl (C=O) groups excluding carboxylic acids is 1. The molecule has 0 bridgehead atoms. The first-order valence-electron chi connectivity index (χ1n) is 6.66. The normalized spacial score (nSPS) is 19.6. The van der Waals surface area contributed by atoms with Crippen molar-refractivity contribution in [3.63, 3.8) is 0 Å². The van der Waals surface area contributed by atoms with Gasteiger partial charge in [-0.1, -0.05) is 0 Å². The van der Waals surface area contributed by atoms with Crippen molar-refractivity contribution in [2.24, 2.45) is 17.4 Å². The van der Waals surface area contributed by atoms with Gasteiger partial charge in [0.15, 0.2) is 0 Å². The molecule has 17 heavy (non-hydrogen) atoms. The van der Waals surface area contributed by atoms with E-state index in [1.165, 1.54) is 19.4 Å². The molecule has 0 heterocycles. The summed E-state index contributed by atoms with van der Waals surface area (Å²) in [5.41, 5.74) is 10.2. The fourth-order valence-corrected chi connectivity index (χ4v) is 1.96. The molecule has 1 unspecified atom stereocenters. The Hall–Kier alpha value is -0.610. The van der Waals surface area contributed by atoms with Crippen molar-refractivity contribution in [3.05, 3.63) is 0 Å².